The molecule has 184 valence electrons. The first-order valence-electron chi connectivity index (χ1n) is 11.4. The zero-order valence-corrected chi connectivity index (χ0v) is 20.3. The van der Waals surface area contributed by atoms with Crippen LogP contribution in [0.3, 0.4) is 0 Å². The van der Waals surface area contributed by atoms with Gasteiger partial charge in [0.2, 0.25) is 5.91 Å². The third kappa shape index (κ3) is 5.13. The maximum absolute atomic E-state index is 12.0. The molecule has 0 aliphatic rings. The Kier molecular flexibility index (Phi) is 6.89. The average molecular weight is 485 g/mol. The number of ether oxygens (including phenoxy) is 1. The highest BCUT2D eigenvalue weighted by molar-refractivity contribution is 6.22. The first kappa shape index (κ1) is 24.7. The van der Waals surface area contributed by atoms with Crippen LogP contribution in [0.15, 0.2) is 77.8 Å². The molecule has 0 saturated carbocycles. The van der Waals surface area contributed by atoms with E-state index in [9.17, 15) is 14.7 Å². The fraction of sp³-hybridized carbons (Fsp3) is 0.179. The lowest BCUT2D eigenvalue weighted by molar-refractivity contribution is -0.117. The number of primary amides is 1. The van der Waals surface area contributed by atoms with Gasteiger partial charge in [0.1, 0.15) is 0 Å². The van der Waals surface area contributed by atoms with Crippen LogP contribution in [-0.2, 0) is 15.1 Å². The first-order valence-corrected chi connectivity index (χ1v) is 11.4. The molecule has 1 heterocycles. The third-order valence-electron chi connectivity index (χ3n) is 6.02. The summed E-state index contributed by atoms with van der Waals surface area (Å²) in [6.45, 7) is 4.01. The predicted octanol–water partition coefficient (Wildman–Crippen LogP) is 4.14. The van der Waals surface area contributed by atoms with Crippen LogP contribution in [0.5, 0.6) is 5.88 Å². The second-order valence-electron chi connectivity index (χ2n) is 8.92. The van der Waals surface area contributed by atoms with Gasteiger partial charge in [-0.1, -0.05) is 48.5 Å². The van der Waals surface area contributed by atoms with E-state index in [1.165, 1.54) is 7.11 Å². The van der Waals surface area contributed by atoms with Crippen LogP contribution in [0.2, 0.25) is 0 Å². The van der Waals surface area contributed by atoms with E-state index >= 15 is 0 Å². The van der Waals surface area contributed by atoms with Crippen LogP contribution in [0.1, 0.15) is 40.9 Å². The van der Waals surface area contributed by atoms with Crippen molar-refractivity contribution < 1.29 is 19.4 Å². The second-order valence-corrected chi connectivity index (χ2v) is 8.92. The molecule has 0 aliphatic carbocycles. The fourth-order valence-electron chi connectivity index (χ4n) is 4.02. The van der Waals surface area contributed by atoms with Gasteiger partial charge in [0.15, 0.2) is 5.88 Å². The Balaban J connectivity index is 1.79. The second kappa shape index (κ2) is 10.1. The van der Waals surface area contributed by atoms with Gasteiger partial charge in [-0.15, -0.1) is 0 Å². The van der Waals surface area contributed by atoms with Gasteiger partial charge < -0.3 is 20.6 Å². The Morgan fingerprint density at radius 3 is 2.36 bits per heavy atom. The van der Waals surface area contributed by atoms with E-state index in [1.54, 1.807) is 18.2 Å². The number of aromatic hydroxyl groups is 1. The number of H-pyrrole nitrogens is 1. The van der Waals surface area contributed by atoms with Gasteiger partial charge in [0.25, 0.3) is 0 Å². The molecule has 0 bridgehead atoms. The molecular formula is C28H28N4O4. The van der Waals surface area contributed by atoms with E-state index in [1.807, 2.05) is 68.4 Å². The molecule has 8 nitrogen and oxygen atoms in total. The van der Waals surface area contributed by atoms with Crippen molar-refractivity contribution in [2.75, 3.05) is 13.7 Å². The lowest BCUT2D eigenvalue weighted by Crippen LogP contribution is -2.41. The lowest BCUT2D eigenvalue weighted by Gasteiger charge is -2.26. The highest BCUT2D eigenvalue weighted by Crippen LogP contribution is 2.32. The molecule has 0 radical (unpaired) electrons. The molecule has 0 spiro atoms. The summed E-state index contributed by atoms with van der Waals surface area (Å²) in [7, 11) is 1.32. The molecule has 0 saturated heterocycles. The molecule has 0 unspecified atom stereocenters. The molecule has 0 atom stereocenters. The number of nitrogens with two attached hydrogens (primary N) is 1. The zero-order chi connectivity index (χ0) is 25.9. The summed E-state index contributed by atoms with van der Waals surface area (Å²) in [6, 6.07) is 22.3. The monoisotopic (exact) mass is 484 g/mol. The molecule has 4 rings (SSSR count). The van der Waals surface area contributed by atoms with Gasteiger partial charge in [-0.05, 0) is 43.7 Å². The van der Waals surface area contributed by atoms with Gasteiger partial charge >= 0.3 is 5.97 Å². The van der Waals surface area contributed by atoms with Crippen LogP contribution in [0.4, 0.5) is 5.69 Å². The van der Waals surface area contributed by atoms with Gasteiger partial charge in [-0.25, -0.2) is 9.79 Å². The number of nitrogens with zero attached hydrogens (tertiary/aromatic N) is 1. The maximum atomic E-state index is 12.0. The number of aromatic amines is 1. The number of rotatable bonds is 8. The number of aromatic nitrogens is 1. The number of amides is 1. The highest BCUT2D eigenvalue weighted by Gasteiger charge is 2.22. The van der Waals surface area contributed by atoms with Gasteiger partial charge in [0.05, 0.1) is 36.2 Å². The number of hydrogen-bond acceptors (Lipinski definition) is 6. The summed E-state index contributed by atoms with van der Waals surface area (Å²) < 4.78 is 4.81. The molecule has 8 heteroatoms. The van der Waals surface area contributed by atoms with Crippen molar-refractivity contribution in [2.45, 2.75) is 19.4 Å². The first-order chi connectivity index (χ1) is 17.2. The van der Waals surface area contributed by atoms with E-state index in [0.29, 0.717) is 28.0 Å². The van der Waals surface area contributed by atoms with Crippen LogP contribution < -0.4 is 11.1 Å². The number of carbonyl (C=O) groups is 2. The minimum Gasteiger partial charge on any atom is -0.494 e. The lowest BCUT2D eigenvalue weighted by atomic mass is 9.94. The Bertz CT molecular complexity index is 1440. The molecular weight excluding hydrogens is 456 g/mol. The Morgan fingerprint density at radius 1 is 1.03 bits per heavy atom. The predicted molar refractivity (Wildman–Crippen MR) is 140 cm³/mol. The van der Waals surface area contributed by atoms with E-state index in [-0.39, 0.29) is 12.4 Å². The molecule has 3 aromatic carbocycles. The summed E-state index contributed by atoms with van der Waals surface area (Å²) in [5.41, 5.74) is 9.34. The standard InChI is InChI=1S/C28H28N4O4/c1-28(2,30-16-23(29)33)19-10-12-20(13-11-19)31-25(17-7-5-4-6-8-17)24-21-14-9-18(27(35)36-3)15-22(21)32-26(24)34/h4-15,30,32,34H,16H2,1-3H3,(H2,29,33). The summed E-state index contributed by atoms with van der Waals surface area (Å²) in [4.78, 5) is 31.0. The van der Waals surface area contributed by atoms with Crippen LogP contribution in [-0.4, -0.2) is 41.3 Å². The highest BCUT2D eigenvalue weighted by atomic mass is 16.5. The summed E-state index contributed by atoms with van der Waals surface area (Å²) in [6.07, 6.45) is 0. The summed E-state index contributed by atoms with van der Waals surface area (Å²) in [5.74, 6) is -0.935. The molecule has 0 aliphatic heterocycles. The van der Waals surface area contributed by atoms with Gasteiger partial charge in [-0.3, -0.25) is 10.1 Å². The van der Waals surface area contributed by atoms with Crippen LogP contribution in [0, 0.1) is 0 Å². The number of methoxy groups -OCH3 is 1. The van der Waals surface area contributed by atoms with Crippen molar-refractivity contribution in [3.8, 4) is 5.88 Å². The maximum Gasteiger partial charge on any atom is 0.337 e. The summed E-state index contributed by atoms with van der Waals surface area (Å²) in [5, 5.41) is 14.8. The number of carbonyl (C=O) groups excluding carboxylic acids is 2. The Labute approximate surface area is 208 Å². The topological polar surface area (TPSA) is 130 Å². The fourth-order valence-corrected chi connectivity index (χ4v) is 4.02. The Morgan fingerprint density at radius 2 is 1.72 bits per heavy atom. The zero-order valence-electron chi connectivity index (χ0n) is 20.3. The van der Waals surface area contributed by atoms with Gasteiger partial charge in [-0.2, -0.15) is 0 Å². The van der Waals surface area contributed by atoms with Crippen molar-refractivity contribution in [2.24, 2.45) is 10.7 Å². The number of nitrogens with one attached hydrogen (secondary N) is 2. The van der Waals surface area contributed by atoms with E-state index in [4.69, 9.17) is 15.5 Å². The quantitative estimate of drug-likeness (QED) is 0.221. The number of aliphatic imine (C=N–C) groups is 1. The van der Waals surface area contributed by atoms with Crippen molar-refractivity contribution in [1.82, 2.24) is 10.3 Å². The molecule has 4 aromatic rings. The van der Waals surface area contributed by atoms with Crippen LogP contribution in [0.25, 0.3) is 10.9 Å². The molecule has 0 fully saturated rings. The minimum absolute atomic E-state index is 0.0528. The number of fused-ring (bicyclic) bond motifs is 1. The SMILES string of the molecule is COC(=O)c1ccc2c(C(=Nc3ccc(C(C)(C)NCC(N)=O)cc3)c3ccccc3)c(O)[nH]c2c1. The molecule has 1 aromatic heterocycles. The van der Waals surface area contributed by atoms with Crippen molar-refractivity contribution in [3.63, 3.8) is 0 Å². The van der Waals surface area contributed by atoms with E-state index in [2.05, 4.69) is 10.3 Å². The van der Waals surface area contributed by atoms with Crippen molar-refractivity contribution >= 4 is 34.2 Å². The normalized spacial score (nSPS) is 12.0. The molecule has 1 amide bonds. The third-order valence-corrected chi connectivity index (χ3v) is 6.02. The van der Waals surface area contributed by atoms with Crippen molar-refractivity contribution in [3.05, 3.63) is 95.1 Å². The largest absolute Gasteiger partial charge is 0.494 e. The summed E-state index contributed by atoms with van der Waals surface area (Å²) >= 11 is 0. The van der Waals surface area contributed by atoms with E-state index in [0.717, 1.165) is 16.5 Å². The molecule has 5 N–H and O–H groups in total. The number of hydrogen-bond donors (Lipinski definition) is 4. The van der Waals surface area contributed by atoms with Crippen molar-refractivity contribution in [1.29, 1.82) is 0 Å². The molecule has 36 heavy (non-hydrogen) atoms. The smallest absolute Gasteiger partial charge is 0.337 e. The van der Waals surface area contributed by atoms with Crippen LogP contribution >= 0.6 is 0 Å². The Hall–Kier alpha value is -4.43. The average Bonchev–Trinajstić information content (AvgIpc) is 3.21. The minimum atomic E-state index is -0.466. The van der Waals surface area contributed by atoms with E-state index < -0.39 is 17.4 Å². The number of benzene rings is 3. The van der Waals surface area contributed by atoms with Gasteiger partial charge in [0, 0.05) is 22.0 Å². The number of esters is 1.